The fraction of sp³-hybridized carbons (Fsp3) is 0.348. The monoisotopic (exact) mass is 390 g/mol. The molecule has 0 unspecified atom stereocenters. The second-order valence-corrected chi connectivity index (χ2v) is 7.53. The zero-order valence-corrected chi connectivity index (χ0v) is 17.3. The number of hydrogen-bond acceptors (Lipinski definition) is 5. The summed E-state index contributed by atoms with van der Waals surface area (Å²) in [5.74, 6) is 0.829. The molecule has 2 aromatic carbocycles. The van der Waals surface area contributed by atoms with Crippen LogP contribution in [-0.2, 0) is 0 Å². The van der Waals surface area contributed by atoms with Gasteiger partial charge in [0.05, 0.1) is 41.2 Å². The molecule has 0 radical (unpaired) electrons. The molecule has 29 heavy (non-hydrogen) atoms. The summed E-state index contributed by atoms with van der Waals surface area (Å²) in [7, 11) is 1.82. The van der Waals surface area contributed by atoms with E-state index in [1.165, 1.54) is 0 Å². The van der Waals surface area contributed by atoms with E-state index in [4.69, 9.17) is 4.74 Å². The molecular formula is C23H26N4O2. The standard InChI is InChI=1S/C23H26N4O2/c1-5-27-14-18(29-22-9-7-6-8-21(22)27)13-26(4)23(28)17-10-11-19-20(12-17)25-16(3)15(2)24-19/h6-12,18H,5,13-14H2,1-4H3/t18-/m1/s1. The first-order valence-electron chi connectivity index (χ1n) is 9.97. The molecule has 1 aliphatic heterocycles. The zero-order valence-electron chi connectivity index (χ0n) is 17.3. The number of benzene rings is 2. The molecule has 0 saturated heterocycles. The molecule has 0 spiro atoms. The van der Waals surface area contributed by atoms with E-state index in [-0.39, 0.29) is 12.0 Å². The molecule has 6 nitrogen and oxygen atoms in total. The summed E-state index contributed by atoms with van der Waals surface area (Å²) in [4.78, 5) is 26.1. The maximum Gasteiger partial charge on any atom is 0.253 e. The average molecular weight is 390 g/mol. The van der Waals surface area contributed by atoms with Gasteiger partial charge >= 0.3 is 0 Å². The Kier molecular flexibility index (Phi) is 5.09. The summed E-state index contributed by atoms with van der Waals surface area (Å²) in [5.41, 5.74) is 5.05. The van der Waals surface area contributed by atoms with Crippen molar-refractivity contribution >= 4 is 22.6 Å². The minimum atomic E-state index is -0.0797. The van der Waals surface area contributed by atoms with Gasteiger partial charge in [-0.1, -0.05) is 12.1 Å². The number of rotatable bonds is 4. The van der Waals surface area contributed by atoms with Crippen molar-refractivity contribution in [1.29, 1.82) is 0 Å². The maximum atomic E-state index is 13.0. The summed E-state index contributed by atoms with van der Waals surface area (Å²) < 4.78 is 6.16. The number of fused-ring (bicyclic) bond motifs is 2. The predicted octanol–water partition coefficient (Wildman–Crippen LogP) is 3.61. The minimum absolute atomic E-state index is 0.0440. The summed E-state index contributed by atoms with van der Waals surface area (Å²) in [6.07, 6.45) is -0.0797. The van der Waals surface area contributed by atoms with Crippen molar-refractivity contribution in [2.45, 2.75) is 26.9 Å². The van der Waals surface area contributed by atoms with Crippen molar-refractivity contribution in [3.63, 3.8) is 0 Å². The summed E-state index contributed by atoms with van der Waals surface area (Å²) in [6.45, 7) is 8.17. The average Bonchev–Trinajstić information content (AvgIpc) is 2.73. The second-order valence-electron chi connectivity index (χ2n) is 7.53. The molecule has 0 fully saturated rings. The molecule has 1 amide bonds. The van der Waals surface area contributed by atoms with Crippen LogP contribution in [0.25, 0.3) is 11.0 Å². The van der Waals surface area contributed by atoms with Gasteiger partial charge in [-0.2, -0.15) is 0 Å². The number of nitrogens with zero attached hydrogens (tertiary/aromatic N) is 4. The molecule has 0 saturated carbocycles. The van der Waals surface area contributed by atoms with Gasteiger partial charge in [0.2, 0.25) is 0 Å². The first kappa shape index (κ1) is 19.2. The Morgan fingerprint density at radius 1 is 1.14 bits per heavy atom. The third-order valence-corrected chi connectivity index (χ3v) is 5.45. The fourth-order valence-corrected chi connectivity index (χ4v) is 3.75. The molecule has 1 aromatic heterocycles. The van der Waals surface area contributed by atoms with Crippen molar-refractivity contribution in [3.05, 3.63) is 59.4 Å². The smallest absolute Gasteiger partial charge is 0.253 e. The van der Waals surface area contributed by atoms with E-state index in [9.17, 15) is 4.79 Å². The Hall–Kier alpha value is -3.15. The first-order chi connectivity index (χ1) is 14.0. The fourth-order valence-electron chi connectivity index (χ4n) is 3.75. The lowest BCUT2D eigenvalue weighted by Crippen LogP contribution is -2.46. The zero-order chi connectivity index (χ0) is 20.5. The molecule has 0 bridgehead atoms. The van der Waals surface area contributed by atoms with E-state index in [1.54, 1.807) is 4.90 Å². The highest BCUT2D eigenvalue weighted by Gasteiger charge is 2.27. The lowest BCUT2D eigenvalue weighted by atomic mass is 10.1. The van der Waals surface area contributed by atoms with E-state index in [1.807, 2.05) is 57.3 Å². The van der Waals surface area contributed by atoms with E-state index >= 15 is 0 Å². The van der Waals surface area contributed by atoms with E-state index in [0.717, 1.165) is 46.9 Å². The van der Waals surface area contributed by atoms with E-state index in [0.29, 0.717) is 12.1 Å². The number of aromatic nitrogens is 2. The topological polar surface area (TPSA) is 58.6 Å². The first-order valence-corrected chi connectivity index (χ1v) is 9.97. The van der Waals surface area contributed by atoms with Gasteiger partial charge in [0.1, 0.15) is 11.9 Å². The van der Waals surface area contributed by atoms with Gasteiger partial charge in [0.15, 0.2) is 0 Å². The number of anilines is 1. The molecule has 2 heterocycles. The Balaban J connectivity index is 1.51. The van der Waals surface area contributed by atoms with Crippen molar-refractivity contribution < 1.29 is 9.53 Å². The normalized spacial score (nSPS) is 15.7. The molecule has 1 aliphatic rings. The summed E-state index contributed by atoms with van der Waals surface area (Å²) in [5, 5.41) is 0. The highest BCUT2D eigenvalue weighted by Crippen LogP contribution is 2.33. The SMILES string of the molecule is CCN1C[C@@H](CN(C)C(=O)c2ccc3nc(C)c(C)nc3c2)Oc2ccccc21. The van der Waals surface area contributed by atoms with Gasteiger partial charge in [-0.3, -0.25) is 4.79 Å². The Morgan fingerprint density at radius 3 is 2.62 bits per heavy atom. The molecule has 0 aliphatic carbocycles. The van der Waals surface area contributed by atoms with Crippen LogP contribution in [0, 0.1) is 13.8 Å². The van der Waals surface area contributed by atoms with Crippen LogP contribution in [0.15, 0.2) is 42.5 Å². The van der Waals surface area contributed by atoms with Crippen LogP contribution in [0.2, 0.25) is 0 Å². The summed E-state index contributed by atoms with van der Waals surface area (Å²) >= 11 is 0. The highest BCUT2D eigenvalue weighted by molar-refractivity contribution is 5.97. The van der Waals surface area contributed by atoms with Gasteiger partial charge in [-0.05, 0) is 51.1 Å². The number of ether oxygens (including phenoxy) is 1. The number of likely N-dealkylation sites (N-methyl/N-ethyl adjacent to an activating group) is 2. The predicted molar refractivity (Wildman–Crippen MR) is 115 cm³/mol. The maximum absolute atomic E-state index is 13.0. The van der Waals surface area contributed by atoms with Crippen LogP contribution < -0.4 is 9.64 Å². The molecule has 150 valence electrons. The Labute approximate surface area is 171 Å². The second kappa shape index (κ2) is 7.70. The van der Waals surface area contributed by atoms with Gasteiger partial charge in [-0.25, -0.2) is 9.97 Å². The minimum Gasteiger partial charge on any atom is -0.485 e. The quantitative estimate of drug-likeness (QED) is 0.681. The third kappa shape index (κ3) is 3.75. The van der Waals surface area contributed by atoms with Gasteiger partial charge in [0, 0.05) is 19.2 Å². The van der Waals surface area contributed by atoms with Crippen LogP contribution in [0.4, 0.5) is 5.69 Å². The van der Waals surface area contributed by atoms with Crippen molar-refractivity contribution in [3.8, 4) is 5.75 Å². The van der Waals surface area contributed by atoms with Crippen LogP contribution in [-0.4, -0.2) is 53.6 Å². The van der Waals surface area contributed by atoms with Gasteiger partial charge < -0.3 is 14.5 Å². The van der Waals surface area contributed by atoms with Crippen LogP contribution in [0.1, 0.15) is 28.7 Å². The van der Waals surface area contributed by atoms with Crippen molar-refractivity contribution in [2.75, 3.05) is 31.6 Å². The Bertz CT molecular complexity index is 1070. The van der Waals surface area contributed by atoms with Crippen molar-refractivity contribution in [2.24, 2.45) is 0 Å². The van der Waals surface area contributed by atoms with Crippen LogP contribution in [0.3, 0.4) is 0 Å². The summed E-state index contributed by atoms with van der Waals surface area (Å²) in [6, 6.07) is 13.6. The largest absolute Gasteiger partial charge is 0.485 e. The number of carbonyl (C=O) groups excluding carboxylic acids is 1. The molecular weight excluding hydrogens is 364 g/mol. The molecule has 0 N–H and O–H groups in total. The molecule has 1 atom stereocenters. The molecule has 4 rings (SSSR count). The molecule has 6 heteroatoms. The number of hydrogen-bond donors (Lipinski definition) is 0. The third-order valence-electron chi connectivity index (χ3n) is 5.45. The lowest BCUT2D eigenvalue weighted by molar-refractivity contribution is 0.0709. The Morgan fingerprint density at radius 2 is 1.86 bits per heavy atom. The van der Waals surface area contributed by atoms with Gasteiger partial charge in [-0.15, -0.1) is 0 Å². The van der Waals surface area contributed by atoms with Gasteiger partial charge in [0.25, 0.3) is 5.91 Å². The highest BCUT2D eigenvalue weighted by atomic mass is 16.5. The number of carbonyl (C=O) groups is 1. The molecule has 3 aromatic rings. The number of para-hydroxylation sites is 2. The lowest BCUT2D eigenvalue weighted by Gasteiger charge is -2.37. The number of amides is 1. The van der Waals surface area contributed by atoms with E-state index < -0.39 is 0 Å². The van der Waals surface area contributed by atoms with Crippen molar-refractivity contribution in [1.82, 2.24) is 14.9 Å². The van der Waals surface area contributed by atoms with E-state index in [2.05, 4.69) is 27.9 Å². The van der Waals surface area contributed by atoms with Crippen LogP contribution >= 0.6 is 0 Å². The number of aryl methyl sites for hydroxylation is 2. The van der Waals surface area contributed by atoms with Crippen LogP contribution in [0.5, 0.6) is 5.75 Å².